The van der Waals surface area contributed by atoms with Crippen LogP contribution in [0.4, 0.5) is 10.5 Å². The fourth-order valence-corrected chi connectivity index (χ4v) is 3.97. The molecule has 7 nitrogen and oxygen atoms in total. The number of benzene rings is 2. The molecule has 3 amide bonds. The first-order chi connectivity index (χ1) is 16.0. The lowest BCUT2D eigenvalue weighted by Crippen LogP contribution is -2.45. The Morgan fingerprint density at radius 1 is 1.06 bits per heavy atom. The van der Waals surface area contributed by atoms with Crippen LogP contribution in [0.2, 0.25) is 0 Å². The number of anilines is 1. The molecule has 0 bridgehead atoms. The summed E-state index contributed by atoms with van der Waals surface area (Å²) in [5.41, 5.74) is 3.55. The molecular weight excluding hydrogens is 416 g/mol. The number of carbonyl (C=O) groups excluding carboxylic acids is 2. The van der Waals surface area contributed by atoms with Gasteiger partial charge in [-0.3, -0.25) is 9.78 Å². The van der Waals surface area contributed by atoms with Crippen LogP contribution < -0.4 is 15.0 Å². The van der Waals surface area contributed by atoms with Crippen molar-refractivity contribution in [2.24, 2.45) is 0 Å². The van der Waals surface area contributed by atoms with Crippen molar-refractivity contribution in [3.05, 3.63) is 89.7 Å². The molecule has 1 fully saturated rings. The van der Waals surface area contributed by atoms with Gasteiger partial charge in [0, 0.05) is 30.9 Å². The van der Waals surface area contributed by atoms with E-state index >= 15 is 0 Å². The van der Waals surface area contributed by atoms with Crippen molar-refractivity contribution in [1.82, 2.24) is 15.2 Å². The van der Waals surface area contributed by atoms with Crippen molar-refractivity contribution in [1.29, 1.82) is 0 Å². The van der Waals surface area contributed by atoms with E-state index in [0.29, 0.717) is 19.6 Å². The van der Waals surface area contributed by atoms with Crippen LogP contribution in [0.15, 0.2) is 72.8 Å². The number of carbonyl (C=O) groups is 2. The van der Waals surface area contributed by atoms with E-state index in [2.05, 4.69) is 10.3 Å². The number of pyridine rings is 1. The highest BCUT2D eigenvalue weighted by Crippen LogP contribution is 2.24. The van der Waals surface area contributed by atoms with Gasteiger partial charge in [-0.15, -0.1) is 0 Å². The van der Waals surface area contributed by atoms with Crippen molar-refractivity contribution < 1.29 is 14.3 Å². The smallest absolute Gasteiger partial charge is 0.318 e. The molecule has 170 valence electrons. The third-order valence-corrected chi connectivity index (χ3v) is 5.64. The molecule has 1 aromatic heterocycles. The minimum absolute atomic E-state index is 0.0135. The maximum absolute atomic E-state index is 13.3. The zero-order valence-corrected chi connectivity index (χ0v) is 18.9. The fraction of sp³-hybridized carbons (Fsp3) is 0.269. The molecular formula is C26H28N4O3. The van der Waals surface area contributed by atoms with Crippen LogP contribution in [0.1, 0.15) is 23.4 Å². The standard InChI is InChI=1S/C26H28N4O3/c1-19-7-6-10-21(27-19)17-29(16-20-8-4-3-5-9-20)26(32)28-22-15-25(31)30(18-22)23-11-13-24(33-2)14-12-23/h3-14,22H,15-18H2,1-2H3,(H,28,32). The van der Waals surface area contributed by atoms with Crippen LogP contribution in [-0.4, -0.2) is 41.5 Å². The highest BCUT2D eigenvalue weighted by atomic mass is 16.5. The number of amides is 3. The van der Waals surface area contributed by atoms with Gasteiger partial charge in [0.15, 0.2) is 0 Å². The van der Waals surface area contributed by atoms with Crippen molar-refractivity contribution >= 4 is 17.6 Å². The summed E-state index contributed by atoms with van der Waals surface area (Å²) in [6.07, 6.45) is 0.264. The third kappa shape index (κ3) is 5.68. The molecule has 0 radical (unpaired) electrons. The van der Waals surface area contributed by atoms with Gasteiger partial charge in [0.2, 0.25) is 5.91 Å². The van der Waals surface area contributed by atoms with E-state index in [1.807, 2.05) is 79.7 Å². The molecule has 0 saturated carbocycles. The summed E-state index contributed by atoms with van der Waals surface area (Å²) in [5.74, 6) is 0.719. The van der Waals surface area contributed by atoms with Gasteiger partial charge in [-0.2, -0.15) is 0 Å². The molecule has 1 aliphatic rings. The maximum atomic E-state index is 13.3. The van der Waals surface area contributed by atoms with Gasteiger partial charge < -0.3 is 19.9 Å². The normalized spacial score (nSPS) is 15.4. The van der Waals surface area contributed by atoms with Crippen molar-refractivity contribution in [3.8, 4) is 5.75 Å². The van der Waals surface area contributed by atoms with Gasteiger partial charge in [-0.1, -0.05) is 36.4 Å². The minimum Gasteiger partial charge on any atom is -0.497 e. The quantitative estimate of drug-likeness (QED) is 0.600. The number of rotatable bonds is 7. The number of ether oxygens (including phenoxy) is 1. The van der Waals surface area contributed by atoms with Crippen LogP contribution in [0, 0.1) is 6.92 Å². The van der Waals surface area contributed by atoms with Crippen LogP contribution >= 0.6 is 0 Å². The molecule has 1 aliphatic heterocycles. The number of urea groups is 1. The van der Waals surface area contributed by atoms with Gasteiger partial charge in [0.25, 0.3) is 0 Å². The van der Waals surface area contributed by atoms with E-state index in [1.165, 1.54) is 0 Å². The summed E-state index contributed by atoms with van der Waals surface area (Å²) in [4.78, 5) is 33.9. The molecule has 1 N–H and O–H groups in total. The largest absolute Gasteiger partial charge is 0.497 e. The van der Waals surface area contributed by atoms with Crippen molar-refractivity contribution in [2.45, 2.75) is 32.5 Å². The first-order valence-electron chi connectivity index (χ1n) is 11.0. The Labute approximate surface area is 194 Å². The lowest BCUT2D eigenvalue weighted by molar-refractivity contribution is -0.117. The highest BCUT2D eigenvalue weighted by Gasteiger charge is 2.32. The maximum Gasteiger partial charge on any atom is 0.318 e. The molecule has 4 rings (SSSR count). The Balaban J connectivity index is 1.45. The lowest BCUT2D eigenvalue weighted by atomic mass is 10.2. The Hall–Kier alpha value is -3.87. The van der Waals surface area contributed by atoms with Gasteiger partial charge in [-0.05, 0) is 48.9 Å². The summed E-state index contributed by atoms with van der Waals surface area (Å²) in [7, 11) is 1.61. The second kappa shape index (κ2) is 10.2. The van der Waals surface area contributed by atoms with Crippen LogP contribution in [0.5, 0.6) is 5.75 Å². The summed E-state index contributed by atoms with van der Waals surface area (Å²) in [6, 6.07) is 22.5. The van der Waals surface area contributed by atoms with E-state index in [0.717, 1.165) is 28.4 Å². The van der Waals surface area contributed by atoms with Crippen molar-refractivity contribution in [3.63, 3.8) is 0 Å². The molecule has 0 aliphatic carbocycles. The van der Waals surface area contributed by atoms with Gasteiger partial charge in [-0.25, -0.2) is 4.79 Å². The van der Waals surface area contributed by atoms with Crippen LogP contribution in [-0.2, 0) is 17.9 Å². The lowest BCUT2D eigenvalue weighted by Gasteiger charge is -2.25. The Kier molecular flexibility index (Phi) is 6.88. The number of aromatic nitrogens is 1. The average molecular weight is 445 g/mol. The summed E-state index contributed by atoms with van der Waals surface area (Å²) in [5, 5.41) is 3.06. The van der Waals surface area contributed by atoms with Gasteiger partial charge in [0.05, 0.1) is 25.4 Å². The Morgan fingerprint density at radius 3 is 2.52 bits per heavy atom. The topological polar surface area (TPSA) is 74.8 Å². The monoisotopic (exact) mass is 444 g/mol. The first-order valence-corrected chi connectivity index (χ1v) is 11.0. The minimum atomic E-state index is -0.268. The SMILES string of the molecule is COc1ccc(N2CC(NC(=O)N(Cc3ccccc3)Cc3cccc(C)n3)CC2=O)cc1. The van der Waals surface area contributed by atoms with Crippen LogP contribution in [0.3, 0.4) is 0 Å². The Bertz CT molecular complexity index is 1100. The Morgan fingerprint density at radius 2 is 1.82 bits per heavy atom. The fourth-order valence-electron chi connectivity index (χ4n) is 3.97. The first kappa shape index (κ1) is 22.3. The van der Waals surface area contributed by atoms with Gasteiger partial charge >= 0.3 is 6.03 Å². The average Bonchev–Trinajstić information content (AvgIpc) is 3.19. The zero-order chi connectivity index (χ0) is 23.2. The molecule has 1 atom stereocenters. The molecule has 0 spiro atoms. The number of nitrogens with zero attached hydrogens (tertiary/aromatic N) is 3. The highest BCUT2D eigenvalue weighted by molar-refractivity contribution is 5.96. The summed E-state index contributed by atoms with van der Waals surface area (Å²) in [6.45, 7) is 3.19. The summed E-state index contributed by atoms with van der Waals surface area (Å²) >= 11 is 0. The number of nitrogens with one attached hydrogen (secondary N) is 1. The second-order valence-corrected chi connectivity index (χ2v) is 8.16. The van der Waals surface area contributed by atoms with E-state index in [1.54, 1.807) is 16.9 Å². The number of hydrogen-bond donors (Lipinski definition) is 1. The molecule has 1 saturated heterocycles. The molecule has 2 aromatic carbocycles. The van der Waals surface area contributed by atoms with E-state index < -0.39 is 0 Å². The molecule has 3 aromatic rings. The molecule has 2 heterocycles. The second-order valence-electron chi connectivity index (χ2n) is 8.16. The molecule has 33 heavy (non-hydrogen) atoms. The number of methoxy groups -OCH3 is 1. The van der Waals surface area contributed by atoms with E-state index in [-0.39, 0.29) is 24.4 Å². The number of hydrogen-bond acceptors (Lipinski definition) is 4. The van der Waals surface area contributed by atoms with Crippen LogP contribution in [0.25, 0.3) is 0 Å². The molecule has 1 unspecified atom stereocenters. The van der Waals surface area contributed by atoms with Gasteiger partial charge in [0.1, 0.15) is 5.75 Å². The molecule has 7 heteroatoms. The zero-order valence-electron chi connectivity index (χ0n) is 18.9. The van der Waals surface area contributed by atoms with E-state index in [4.69, 9.17) is 4.74 Å². The van der Waals surface area contributed by atoms with Crippen molar-refractivity contribution in [2.75, 3.05) is 18.6 Å². The number of aryl methyl sites for hydroxylation is 1. The summed E-state index contributed by atoms with van der Waals surface area (Å²) < 4.78 is 5.19. The van der Waals surface area contributed by atoms with E-state index in [9.17, 15) is 9.59 Å². The predicted octanol–water partition coefficient (Wildman–Crippen LogP) is 3.92. The predicted molar refractivity (Wildman–Crippen MR) is 127 cm³/mol. The third-order valence-electron chi connectivity index (χ3n) is 5.64.